The Labute approximate surface area is 191 Å². The van der Waals surface area contributed by atoms with Gasteiger partial charge < -0.3 is 14.8 Å². The van der Waals surface area contributed by atoms with Gasteiger partial charge in [0.2, 0.25) is 0 Å². The highest BCUT2D eigenvalue weighted by molar-refractivity contribution is 6.46. The second-order valence-corrected chi connectivity index (χ2v) is 7.67. The second kappa shape index (κ2) is 8.77. The maximum absolute atomic E-state index is 13.5. The molecule has 0 aliphatic carbocycles. The Morgan fingerprint density at radius 1 is 0.844 bits per heavy atom. The molecule has 1 aliphatic heterocycles. The maximum Gasteiger partial charge on any atom is 0.282 e. The molecular weight excluding hydrogens is 428 g/mol. The predicted molar refractivity (Wildman–Crippen MR) is 125 cm³/mol. The van der Waals surface area contributed by atoms with Gasteiger partial charge in [-0.05, 0) is 42.8 Å². The summed E-state index contributed by atoms with van der Waals surface area (Å²) in [7, 11) is 3.08. The van der Waals surface area contributed by atoms with Crippen LogP contribution in [0.5, 0.6) is 11.5 Å². The Kier molecular flexibility index (Phi) is 5.88. The highest BCUT2D eigenvalue weighted by Crippen LogP contribution is 2.36. The topological polar surface area (TPSA) is 67.9 Å². The van der Waals surface area contributed by atoms with E-state index in [1.807, 2.05) is 31.2 Å². The molecule has 32 heavy (non-hydrogen) atoms. The SMILES string of the molecule is COc1ccc(NC2=C(c3ccc(C)cc3)C(=O)N(c3cccc(Cl)c3)C2=O)cc1OC. The van der Waals surface area contributed by atoms with Crippen molar-refractivity contribution >= 4 is 40.4 Å². The van der Waals surface area contributed by atoms with Crippen molar-refractivity contribution in [2.24, 2.45) is 0 Å². The molecule has 4 rings (SSSR count). The highest BCUT2D eigenvalue weighted by Gasteiger charge is 2.40. The van der Waals surface area contributed by atoms with Crippen LogP contribution in [-0.4, -0.2) is 26.0 Å². The summed E-state index contributed by atoms with van der Waals surface area (Å²) < 4.78 is 10.6. The molecule has 7 heteroatoms. The molecule has 1 heterocycles. The molecule has 0 unspecified atom stereocenters. The standard InChI is InChI=1S/C25H21ClN2O4/c1-15-7-9-16(10-8-15)22-23(27-18-11-12-20(31-2)21(14-18)32-3)25(30)28(24(22)29)19-6-4-5-17(26)13-19/h4-14,27H,1-3H3. The molecule has 0 aromatic heterocycles. The molecule has 3 aromatic rings. The van der Waals surface area contributed by atoms with Gasteiger partial charge in [-0.15, -0.1) is 0 Å². The average Bonchev–Trinajstić information content (AvgIpc) is 3.03. The van der Waals surface area contributed by atoms with Crippen molar-refractivity contribution in [3.63, 3.8) is 0 Å². The van der Waals surface area contributed by atoms with Gasteiger partial charge in [0, 0.05) is 16.8 Å². The predicted octanol–water partition coefficient (Wildman–Crippen LogP) is 5.06. The van der Waals surface area contributed by atoms with Gasteiger partial charge in [0.05, 0.1) is 25.5 Å². The van der Waals surface area contributed by atoms with Crippen LogP contribution in [0, 0.1) is 6.92 Å². The van der Waals surface area contributed by atoms with Crippen molar-refractivity contribution < 1.29 is 19.1 Å². The molecule has 0 radical (unpaired) electrons. The number of anilines is 2. The number of hydrogen-bond acceptors (Lipinski definition) is 5. The third-order valence-corrected chi connectivity index (χ3v) is 5.38. The van der Waals surface area contributed by atoms with Gasteiger partial charge in [-0.3, -0.25) is 9.59 Å². The zero-order chi connectivity index (χ0) is 22.8. The van der Waals surface area contributed by atoms with E-state index in [0.29, 0.717) is 33.5 Å². The van der Waals surface area contributed by atoms with Crippen LogP contribution in [0.1, 0.15) is 11.1 Å². The second-order valence-electron chi connectivity index (χ2n) is 7.24. The molecule has 1 N–H and O–H groups in total. The number of halogens is 1. The van der Waals surface area contributed by atoms with Gasteiger partial charge in [0.1, 0.15) is 5.70 Å². The molecule has 0 fully saturated rings. The molecule has 1 aliphatic rings. The molecule has 6 nitrogen and oxygen atoms in total. The summed E-state index contributed by atoms with van der Waals surface area (Å²) in [5.74, 6) is 0.158. The number of amides is 2. The van der Waals surface area contributed by atoms with E-state index in [-0.39, 0.29) is 11.3 Å². The van der Waals surface area contributed by atoms with Crippen molar-refractivity contribution in [1.82, 2.24) is 0 Å². The van der Waals surface area contributed by atoms with Crippen molar-refractivity contribution in [2.45, 2.75) is 6.92 Å². The van der Waals surface area contributed by atoms with Gasteiger partial charge in [-0.1, -0.05) is 47.5 Å². The zero-order valence-corrected chi connectivity index (χ0v) is 18.6. The van der Waals surface area contributed by atoms with E-state index >= 15 is 0 Å². The number of imide groups is 1. The molecule has 0 atom stereocenters. The molecule has 162 valence electrons. The molecule has 0 bridgehead atoms. The van der Waals surface area contributed by atoms with E-state index in [1.54, 1.807) is 49.6 Å². The Balaban J connectivity index is 1.81. The summed E-state index contributed by atoms with van der Waals surface area (Å²) in [4.78, 5) is 28.0. The minimum Gasteiger partial charge on any atom is -0.493 e. The normalized spacial score (nSPS) is 13.6. The fourth-order valence-corrected chi connectivity index (χ4v) is 3.73. The number of nitrogens with zero attached hydrogens (tertiary/aromatic N) is 1. The third kappa shape index (κ3) is 3.92. The van der Waals surface area contributed by atoms with Crippen molar-refractivity contribution in [1.29, 1.82) is 0 Å². The Hall–Kier alpha value is -3.77. The fraction of sp³-hybridized carbons (Fsp3) is 0.120. The van der Waals surface area contributed by atoms with E-state index in [4.69, 9.17) is 21.1 Å². The van der Waals surface area contributed by atoms with Gasteiger partial charge >= 0.3 is 0 Å². The summed E-state index contributed by atoms with van der Waals surface area (Å²) in [6.45, 7) is 1.96. The Morgan fingerprint density at radius 3 is 2.22 bits per heavy atom. The van der Waals surface area contributed by atoms with Gasteiger partial charge in [0.25, 0.3) is 11.8 Å². The Morgan fingerprint density at radius 2 is 1.56 bits per heavy atom. The lowest BCUT2D eigenvalue weighted by Crippen LogP contribution is -2.32. The average molecular weight is 449 g/mol. The van der Waals surface area contributed by atoms with E-state index < -0.39 is 11.8 Å². The minimum atomic E-state index is -0.470. The lowest BCUT2D eigenvalue weighted by atomic mass is 10.0. The van der Waals surface area contributed by atoms with Gasteiger partial charge in [0.15, 0.2) is 11.5 Å². The number of hydrogen-bond donors (Lipinski definition) is 1. The maximum atomic E-state index is 13.5. The van der Waals surface area contributed by atoms with Crippen LogP contribution in [0.4, 0.5) is 11.4 Å². The summed E-state index contributed by atoms with van der Waals surface area (Å²) in [6.07, 6.45) is 0. The number of carbonyl (C=O) groups is 2. The molecule has 0 saturated heterocycles. The van der Waals surface area contributed by atoms with Crippen molar-refractivity contribution in [2.75, 3.05) is 24.4 Å². The van der Waals surface area contributed by atoms with Crippen molar-refractivity contribution in [3.05, 3.63) is 88.6 Å². The highest BCUT2D eigenvalue weighted by atomic mass is 35.5. The summed E-state index contributed by atoms with van der Waals surface area (Å²) in [5, 5.41) is 3.56. The van der Waals surface area contributed by atoms with Crippen LogP contribution in [0.3, 0.4) is 0 Å². The summed E-state index contributed by atoms with van der Waals surface area (Å²) in [5.41, 5.74) is 3.13. The first-order valence-electron chi connectivity index (χ1n) is 9.87. The monoisotopic (exact) mass is 448 g/mol. The number of benzene rings is 3. The van der Waals surface area contributed by atoms with Gasteiger partial charge in [-0.25, -0.2) is 4.90 Å². The molecule has 2 amide bonds. The van der Waals surface area contributed by atoms with E-state index in [0.717, 1.165) is 10.5 Å². The minimum absolute atomic E-state index is 0.172. The number of carbonyl (C=O) groups excluding carboxylic acids is 2. The lowest BCUT2D eigenvalue weighted by molar-refractivity contribution is -0.120. The molecule has 3 aromatic carbocycles. The number of rotatable bonds is 6. The molecule has 0 spiro atoms. The first kappa shape index (κ1) is 21.5. The zero-order valence-electron chi connectivity index (χ0n) is 17.8. The number of nitrogens with one attached hydrogen (secondary N) is 1. The first-order valence-corrected chi connectivity index (χ1v) is 10.3. The third-order valence-electron chi connectivity index (χ3n) is 5.14. The van der Waals surface area contributed by atoms with Crippen LogP contribution in [0.2, 0.25) is 5.02 Å². The van der Waals surface area contributed by atoms with Crippen LogP contribution in [-0.2, 0) is 9.59 Å². The lowest BCUT2D eigenvalue weighted by Gasteiger charge is -2.16. The van der Waals surface area contributed by atoms with Crippen LogP contribution < -0.4 is 19.7 Å². The number of ether oxygens (including phenoxy) is 2. The molecule has 0 saturated carbocycles. The smallest absolute Gasteiger partial charge is 0.282 e. The van der Waals surface area contributed by atoms with E-state index in [2.05, 4.69) is 5.32 Å². The number of aryl methyl sites for hydroxylation is 1. The quantitative estimate of drug-likeness (QED) is 0.534. The Bertz CT molecular complexity index is 1230. The first-order chi connectivity index (χ1) is 15.4. The van der Waals surface area contributed by atoms with Crippen LogP contribution in [0.15, 0.2) is 72.4 Å². The summed E-state index contributed by atoms with van der Waals surface area (Å²) >= 11 is 6.11. The van der Waals surface area contributed by atoms with Crippen LogP contribution in [0.25, 0.3) is 5.57 Å². The van der Waals surface area contributed by atoms with Gasteiger partial charge in [-0.2, -0.15) is 0 Å². The summed E-state index contributed by atoms with van der Waals surface area (Å²) in [6, 6.07) is 19.3. The van der Waals surface area contributed by atoms with Crippen molar-refractivity contribution in [3.8, 4) is 11.5 Å². The fourth-order valence-electron chi connectivity index (χ4n) is 3.54. The largest absolute Gasteiger partial charge is 0.493 e. The number of methoxy groups -OCH3 is 2. The van der Waals surface area contributed by atoms with Crippen LogP contribution >= 0.6 is 11.6 Å². The van der Waals surface area contributed by atoms with E-state index in [9.17, 15) is 9.59 Å². The molecular formula is C25H21ClN2O4. The van der Waals surface area contributed by atoms with E-state index in [1.165, 1.54) is 7.11 Å².